The molecular formula is C25H26N2O6. The molecule has 2 heterocycles. The topological polar surface area (TPSA) is 118 Å². The zero-order valence-electron chi connectivity index (χ0n) is 19.0. The number of nitrogens with one attached hydrogen (secondary N) is 1. The monoisotopic (exact) mass is 450 g/mol. The van der Waals surface area contributed by atoms with Crippen LogP contribution in [0.5, 0.6) is 0 Å². The largest absolute Gasteiger partial charge is 0.506 e. The van der Waals surface area contributed by atoms with Gasteiger partial charge in [-0.15, -0.1) is 0 Å². The van der Waals surface area contributed by atoms with Crippen molar-refractivity contribution in [2.75, 3.05) is 13.2 Å². The van der Waals surface area contributed by atoms with Crippen LogP contribution in [0.3, 0.4) is 0 Å². The van der Waals surface area contributed by atoms with E-state index in [0.717, 1.165) is 37.0 Å². The number of Topliss-reactive ketones (excluding diaryl/α,β-unsaturated/α-hetero) is 1. The summed E-state index contributed by atoms with van der Waals surface area (Å²) in [5, 5.41) is 10.7. The molecule has 4 rings (SSSR count). The molecule has 0 unspecified atom stereocenters. The fraction of sp³-hybridized carbons (Fsp3) is 0.360. The highest BCUT2D eigenvalue weighted by Gasteiger charge is 2.40. The molecule has 33 heavy (non-hydrogen) atoms. The van der Waals surface area contributed by atoms with Crippen molar-refractivity contribution in [1.82, 2.24) is 4.98 Å². The maximum atomic E-state index is 13.0. The molecule has 1 fully saturated rings. The van der Waals surface area contributed by atoms with E-state index in [0.29, 0.717) is 22.6 Å². The number of esters is 2. The number of carbonyl (C=O) groups is 3. The summed E-state index contributed by atoms with van der Waals surface area (Å²) in [4.78, 5) is 44.6. The maximum absolute atomic E-state index is 13.0. The lowest BCUT2D eigenvalue weighted by atomic mass is 9.83. The molecule has 2 aliphatic carbocycles. The number of aliphatic hydroxyl groups excluding tert-OH is 1. The summed E-state index contributed by atoms with van der Waals surface area (Å²) >= 11 is 0. The molecule has 0 amide bonds. The van der Waals surface area contributed by atoms with E-state index in [1.54, 1.807) is 13.8 Å². The van der Waals surface area contributed by atoms with Crippen molar-refractivity contribution in [2.45, 2.75) is 46.5 Å². The molecule has 172 valence electrons. The minimum absolute atomic E-state index is 0.0911. The van der Waals surface area contributed by atoms with E-state index in [1.165, 1.54) is 6.92 Å². The minimum atomic E-state index is -0.611. The van der Waals surface area contributed by atoms with E-state index in [-0.39, 0.29) is 47.0 Å². The van der Waals surface area contributed by atoms with Gasteiger partial charge in [-0.05, 0) is 63.7 Å². The number of aliphatic hydroxyl groups is 1. The molecule has 2 N–H and O–H groups in total. The molecule has 1 saturated carbocycles. The minimum Gasteiger partial charge on any atom is -0.506 e. The standard InChI is InChI=1S/C25H26N2O6/c1-12(2)24(30)32-9-10-33-25(31)18-13(3)21(26-14(18)4)20-22(28)19(23(20)29)17-11-15-7-5-6-8-16(15)27-17/h11,26,28H,1,5-10H2,2-4H3/b19-17-. The molecule has 8 heteroatoms. The van der Waals surface area contributed by atoms with Crippen LogP contribution in [0.15, 0.2) is 45.8 Å². The predicted octanol–water partition coefficient (Wildman–Crippen LogP) is 3.97. The number of fused-ring (bicyclic) bond motifs is 1. The Labute approximate surface area is 191 Å². The van der Waals surface area contributed by atoms with Crippen LogP contribution in [0.4, 0.5) is 0 Å². The van der Waals surface area contributed by atoms with E-state index in [9.17, 15) is 19.5 Å². The van der Waals surface area contributed by atoms with Crippen LogP contribution in [0.1, 0.15) is 59.9 Å². The summed E-state index contributed by atoms with van der Waals surface area (Å²) in [5.41, 5.74) is 4.95. The quantitative estimate of drug-likeness (QED) is 0.385. The van der Waals surface area contributed by atoms with Crippen LogP contribution in [-0.4, -0.2) is 46.7 Å². The number of H-pyrrole nitrogens is 1. The Morgan fingerprint density at radius 1 is 1.15 bits per heavy atom. The number of aryl methyl sites for hydroxylation is 1. The Morgan fingerprint density at radius 2 is 1.85 bits per heavy atom. The number of aliphatic imine (C=N–C) groups is 1. The normalized spacial score (nSPS) is 19.5. The van der Waals surface area contributed by atoms with Gasteiger partial charge in [0.1, 0.15) is 19.0 Å². The van der Waals surface area contributed by atoms with Gasteiger partial charge in [0, 0.05) is 17.0 Å². The number of hydrogen-bond donors (Lipinski definition) is 2. The highest BCUT2D eigenvalue weighted by atomic mass is 16.6. The van der Waals surface area contributed by atoms with Gasteiger partial charge >= 0.3 is 11.9 Å². The Bertz CT molecular complexity index is 1200. The Hall–Kier alpha value is -3.68. The van der Waals surface area contributed by atoms with Crippen LogP contribution in [0, 0.1) is 13.8 Å². The number of ether oxygens (including phenoxy) is 2. The second-order valence-electron chi connectivity index (χ2n) is 8.43. The van der Waals surface area contributed by atoms with Gasteiger partial charge in [-0.3, -0.25) is 9.79 Å². The van der Waals surface area contributed by atoms with Gasteiger partial charge in [0.05, 0.1) is 28.1 Å². The van der Waals surface area contributed by atoms with Gasteiger partial charge in [-0.25, -0.2) is 9.59 Å². The van der Waals surface area contributed by atoms with Crippen molar-refractivity contribution in [2.24, 2.45) is 4.99 Å². The first-order chi connectivity index (χ1) is 15.7. The van der Waals surface area contributed by atoms with Gasteiger partial charge in [0.25, 0.3) is 0 Å². The molecule has 0 atom stereocenters. The number of rotatable bonds is 6. The number of ketones is 1. The van der Waals surface area contributed by atoms with Crippen LogP contribution >= 0.6 is 0 Å². The molecule has 0 saturated heterocycles. The Balaban J connectivity index is 1.53. The van der Waals surface area contributed by atoms with Crippen LogP contribution in [0.2, 0.25) is 0 Å². The van der Waals surface area contributed by atoms with Gasteiger partial charge in [0.15, 0.2) is 0 Å². The molecule has 0 radical (unpaired) electrons. The van der Waals surface area contributed by atoms with Gasteiger partial charge < -0.3 is 19.6 Å². The molecule has 1 aromatic heterocycles. The van der Waals surface area contributed by atoms with Crippen molar-refractivity contribution in [3.05, 3.63) is 63.3 Å². The van der Waals surface area contributed by atoms with E-state index < -0.39 is 11.9 Å². The first-order valence-electron chi connectivity index (χ1n) is 10.9. The summed E-state index contributed by atoms with van der Waals surface area (Å²) in [6.45, 7) is 8.17. The van der Waals surface area contributed by atoms with E-state index in [1.807, 2.05) is 6.08 Å². The number of nitrogens with zero attached hydrogens (tertiary/aromatic N) is 1. The highest BCUT2D eigenvalue weighted by Crippen LogP contribution is 2.42. The average molecular weight is 450 g/mol. The van der Waals surface area contributed by atoms with Crippen molar-refractivity contribution in [3.8, 4) is 0 Å². The summed E-state index contributed by atoms with van der Waals surface area (Å²) < 4.78 is 10.1. The summed E-state index contributed by atoms with van der Waals surface area (Å²) in [5.74, 6) is -1.59. The molecule has 1 aromatic rings. The lowest BCUT2D eigenvalue weighted by Gasteiger charge is -2.21. The average Bonchev–Trinajstić information content (AvgIpc) is 3.31. The van der Waals surface area contributed by atoms with E-state index >= 15 is 0 Å². The molecule has 0 spiro atoms. The number of carbonyl (C=O) groups excluding carboxylic acids is 3. The molecular weight excluding hydrogens is 424 g/mol. The molecule has 0 bridgehead atoms. The summed E-state index contributed by atoms with van der Waals surface area (Å²) in [7, 11) is 0. The third kappa shape index (κ3) is 3.97. The molecule has 1 aliphatic heterocycles. The first-order valence-corrected chi connectivity index (χ1v) is 10.9. The predicted molar refractivity (Wildman–Crippen MR) is 122 cm³/mol. The fourth-order valence-corrected chi connectivity index (χ4v) is 4.31. The summed E-state index contributed by atoms with van der Waals surface area (Å²) in [6.07, 6.45) is 5.90. The maximum Gasteiger partial charge on any atom is 0.340 e. The third-order valence-electron chi connectivity index (χ3n) is 6.02. The number of aromatic amines is 1. The molecule has 3 aliphatic rings. The number of aromatic nitrogens is 1. The van der Waals surface area contributed by atoms with Gasteiger partial charge in [-0.2, -0.15) is 0 Å². The van der Waals surface area contributed by atoms with Crippen molar-refractivity contribution < 1.29 is 29.0 Å². The van der Waals surface area contributed by atoms with Crippen molar-refractivity contribution >= 4 is 29.0 Å². The van der Waals surface area contributed by atoms with Crippen molar-refractivity contribution in [1.29, 1.82) is 0 Å². The number of allylic oxidation sites excluding steroid dienone is 4. The molecule has 8 nitrogen and oxygen atoms in total. The SMILES string of the molecule is C=C(C)C(=O)OCCOC(=O)c1c(C)[nH]c(C2=C(O)/C(=C3\C=C4CCCCC4=N3)C2=O)c1C. The van der Waals surface area contributed by atoms with E-state index in [4.69, 9.17) is 9.47 Å². The Morgan fingerprint density at radius 3 is 2.52 bits per heavy atom. The zero-order valence-corrected chi connectivity index (χ0v) is 19.0. The van der Waals surface area contributed by atoms with E-state index in [2.05, 4.69) is 16.6 Å². The summed E-state index contributed by atoms with van der Waals surface area (Å²) in [6, 6.07) is 0. The number of hydrogen-bond acceptors (Lipinski definition) is 7. The lowest BCUT2D eigenvalue weighted by Crippen LogP contribution is -2.23. The van der Waals surface area contributed by atoms with Gasteiger partial charge in [0.2, 0.25) is 5.78 Å². The highest BCUT2D eigenvalue weighted by molar-refractivity contribution is 6.39. The molecule has 0 aromatic carbocycles. The smallest absolute Gasteiger partial charge is 0.340 e. The third-order valence-corrected chi connectivity index (χ3v) is 6.02. The van der Waals surface area contributed by atoms with Crippen LogP contribution < -0.4 is 0 Å². The lowest BCUT2D eigenvalue weighted by molar-refractivity contribution is -0.140. The van der Waals surface area contributed by atoms with Gasteiger partial charge in [-0.1, -0.05) is 6.58 Å². The van der Waals surface area contributed by atoms with Crippen molar-refractivity contribution in [3.63, 3.8) is 0 Å². The van der Waals surface area contributed by atoms with Crippen LogP contribution in [-0.2, 0) is 19.1 Å². The second kappa shape index (κ2) is 8.69. The van der Waals surface area contributed by atoms with Crippen LogP contribution in [0.25, 0.3) is 5.57 Å². The first kappa shape index (κ1) is 22.5. The Kier molecular flexibility index (Phi) is 5.93. The fourth-order valence-electron chi connectivity index (χ4n) is 4.31. The zero-order chi connectivity index (χ0) is 23.9. The second-order valence-corrected chi connectivity index (χ2v) is 8.43.